The molecule has 7 unspecified atom stereocenters. The van der Waals surface area contributed by atoms with Gasteiger partial charge < -0.3 is 36.2 Å². The Morgan fingerprint density at radius 3 is 2.28 bits per heavy atom. The first-order valence-corrected chi connectivity index (χ1v) is 9.87. The molecule has 0 amide bonds. The van der Waals surface area contributed by atoms with Crippen LogP contribution in [0, 0.1) is 0 Å². The highest BCUT2D eigenvalue weighted by Crippen LogP contribution is 2.20. The van der Waals surface area contributed by atoms with Gasteiger partial charge in [0.2, 0.25) is 0 Å². The highest BCUT2D eigenvalue weighted by atomic mass is 16.3. The molecule has 2 fully saturated rings. The minimum atomic E-state index is -0.903. The maximum absolute atomic E-state index is 10.2. The molecule has 7 N–H and O–H groups in total. The van der Waals surface area contributed by atoms with E-state index in [4.69, 9.17) is 5.11 Å². The summed E-state index contributed by atoms with van der Waals surface area (Å²) in [7, 11) is 0. The van der Waals surface area contributed by atoms with Gasteiger partial charge in [0.15, 0.2) is 0 Å². The fourth-order valence-electron chi connectivity index (χ4n) is 4.04. The van der Waals surface area contributed by atoms with E-state index in [1.54, 1.807) is 0 Å². The van der Waals surface area contributed by atoms with Crippen LogP contribution in [0.3, 0.4) is 0 Å². The number of rotatable bonds is 10. The second-order valence-electron chi connectivity index (χ2n) is 7.65. The Morgan fingerprint density at radius 2 is 1.64 bits per heavy atom. The molecule has 7 nitrogen and oxygen atoms in total. The first kappa shape index (κ1) is 21.0. The summed E-state index contributed by atoms with van der Waals surface area (Å²) >= 11 is 0. The van der Waals surface area contributed by atoms with Crippen molar-refractivity contribution in [1.82, 2.24) is 10.6 Å². The number of nitrogens with one attached hydrogen (secondary N) is 2. The van der Waals surface area contributed by atoms with E-state index in [1.165, 1.54) is 0 Å². The quantitative estimate of drug-likeness (QED) is 0.256. The van der Waals surface area contributed by atoms with Crippen LogP contribution in [-0.4, -0.2) is 81.2 Å². The molecule has 2 heterocycles. The number of aliphatic hydroxyl groups is 5. The van der Waals surface area contributed by atoms with Crippen LogP contribution in [0.5, 0.6) is 0 Å². The molecule has 0 aliphatic carbocycles. The maximum Gasteiger partial charge on any atom is 0.0989 e. The summed E-state index contributed by atoms with van der Waals surface area (Å²) in [4.78, 5) is 0. The number of piperidine rings is 1. The van der Waals surface area contributed by atoms with E-state index in [-0.39, 0.29) is 18.7 Å². The molecule has 0 aromatic carbocycles. The standard InChI is InChI=1S/C18H36N2O5/c21-11-14-18(25)17(24)13(20-14)8-3-1-2-4-9-15(22)16(23)12-7-5-6-10-19-12/h12-25H,1-11H2. The summed E-state index contributed by atoms with van der Waals surface area (Å²) in [5.74, 6) is 0. The van der Waals surface area contributed by atoms with Crippen LogP contribution in [-0.2, 0) is 0 Å². The highest BCUT2D eigenvalue weighted by molar-refractivity contribution is 4.97. The molecule has 25 heavy (non-hydrogen) atoms. The van der Waals surface area contributed by atoms with Crippen molar-refractivity contribution in [3.8, 4) is 0 Å². The Kier molecular flexibility index (Phi) is 9.06. The molecule has 0 spiro atoms. The molecule has 0 saturated carbocycles. The van der Waals surface area contributed by atoms with Gasteiger partial charge in [0.05, 0.1) is 37.1 Å². The number of unbranched alkanes of at least 4 members (excludes halogenated alkanes) is 3. The van der Waals surface area contributed by atoms with Crippen molar-refractivity contribution in [2.45, 2.75) is 100 Å². The van der Waals surface area contributed by atoms with Gasteiger partial charge in [-0.25, -0.2) is 0 Å². The zero-order valence-corrected chi connectivity index (χ0v) is 15.1. The van der Waals surface area contributed by atoms with Gasteiger partial charge in [0.1, 0.15) is 0 Å². The van der Waals surface area contributed by atoms with Crippen molar-refractivity contribution >= 4 is 0 Å². The monoisotopic (exact) mass is 360 g/mol. The lowest BCUT2D eigenvalue weighted by atomic mass is 9.94. The lowest BCUT2D eigenvalue weighted by Crippen LogP contribution is -2.48. The van der Waals surface area contributed by atoms with Crippen LogP contribution in [0.4, 0.5) is 0 Å². The van der Waals surface area contributed by atoms with Crippen LogP contribution in [0.2, 0.25) is 0 Å². The summed E-state index contributed by atoms with van der Waals surface area (Å²) in [5, 5.41) is 55.5. The molecule has 0 aromatic rings. The number of hydrogen-bond donors (Lipinski definition) is 7. The maximum atomic E-state index is 10.2. The fourth-order valence-corrected chi connectivity index (χ4v) is 4.04. The van der Waals surface area contributed by atoms with Crippen molar-refractivity contribution in [3.63, 3.8) is 0 Å². The smallest absolute Gasteiger partial charge is 0.0989 e. The van der Waals surface area contributed by atoms with E-state index in [9.17, 15) is 20.4 Å². The average molecular weight is 360 g/mol. The van der Waals surface area contributed by atoms with E-state index in [1.807, 2.05) is 0 Å². The Labute approximate surface area is 150 Å². The van der Waals surface area contributed by atoms with Crippen LogP contribution in [0.1, 0.15) is 57.8 Å². The van der Waals surface area contributed by atoms with Gasteiger partial charge in [0.25, 0.3) is 0 Å². The molecule has 2 aliphatic heterocycles. The molecule has 0 bridgehead atoms. The molecule has 148 valence electrons. The number of aliphatic hydroxyl groups excluding tert-OH is 5. The van der Waals surface area contributed by atoms with Gasteiger partial charge in [-0.2, -0.15) is 0 Å². The van der Waals surface area contributed by atoms with Crippen LogP contribution >= 0.6 is 0 Å². The second kappa shape index (κ2) is 10.8. The molecule has 2 saturated heterocycles. The summed E-state index contributed by atoms with van der Waals surface area (Å²) < 4.78 is 0. The zero-order valence-electron chi connectivity index (χ0n) is 15.1. The third kappa shape index (κ3) is 6.13. The molecule has 7 atom stereocenters. The van der Waals surface area contributed by atoms with Crippen molar-refractivity contribution in [3.05, 3.63) is 0 Å². The topological polar surface area (TPSA) is 125 Å². The lowest BCUT2D eigenvalue weighted by Gasteiger charge is -2.30. The normalized spacial score (nSPS) is 35.6. The molecule has 0 aromatic heterocycles. The van der Waals surface area contributed by atoms with Gasteiger partial charge >= 0.3 is 0 Å². The first-order valence-electron chi connectivity index (χ1n) is 9.87. The third-order valence-electron chi connectivity index (χ3n) is 5.72. The van der Waals surface area contributed by atoms with Gasteiger partial charge in [-0.15, -0.1) is 0 Å². The van der Waals surface area contributed by atoms with Crippen molar-refractivity contribution < 1.29 is 25.5 Å². The number of hydrogen-bond acceptors (Lipinski definition) is 7. The van der Waals surface area contributed by atoms with Crippen LogP contribution in [0.15, 0.2) is 0 Å². The van der Waals surface area contributed by atoms with Gasteiger partial charge in [-0.3, -0.25) is 0 Å². The van der Waals surface area contributed by atoms with Crippen LogP contribution < -0.4 is 10.6 Å². The predicted octanol–water partition coefficient (Wildman–Crippen LogP) is -0.755. The van der Waals surface area contributed by atoms with Crippen molar-refractivity contribution in [1.29, 1.82) is 0 Å². The molecule has 0 radical (unpaired) electrons. The second-order valence-corrected chi connectivity index (χ2v) is 7.65. The predicted molar refractivity (Wildman–Crippen MR) is 95.2 cm³/mol. The van der Waals surface area contributed by atoms with Crippen molar-refractivity contribution in [2.24, 2.45) is 0 Å². The molecule has 2 aliphatic rings. The summed E-state index contributed by atoms with van der Waals surface area (Å²) in [6.45, 7) is 0.742. The largest absolute Gasteiger partial charge is 0.395 e. The van der Waals surface area contributed by atoms with Crippen molar-refractivity contribution in [2.75, 3.05) is 13.2 Å². The van der Waals surface area contributed by atoms with Gasteiger partial charge in [-0.05, 0) is 32.2 Å². The van der Waals surface area contributed by atoms with E-state index >= 15 is 0 Å². The Morgan fingerprint density at radius 1 is 0.920 bits per heavy atom. The molecular formula is C18H36N2O5. The Bertz CT molecular complexity index is 367. The SMILES string of the molecule is OCC1NC(CCCCCCC(O)C(O)C2CCCCN2)C(O)C1O. The lowest BCUT2D eigenvalue weighted by molar-refractivity contribution is -0.0145. The summed E-state index contributed by atoms with van der Waals surface area (Å²) in [6, 6.07) is -0.591. The van der Waals surface area contributed by atoms with Gasteiger partial charge in [-0.1, -0.05) is 32.1 Å². The average Bonchev–Trinajstić information content (AvgIpc) is 2.92. The Hall–Kier alpha value is -0.280. The molecule has 2 rings (SSSR count). The zero-order chi connectivity index (χ0) is 18.2. The first-order chi connectivity index (χ1) is 12.0. The van der Waals surface area contributed by atoms with E-state index in [0.717, 1.165) is 57.9 Å². The summed E-state index contributed by atoms with van der Waals surface area (Å²) in [6.07, 6.45) is 5.19. The van der Waals surface area contributed by atoms with Crippen LogP contribution in [0.25, 0.3) is 0 Å². The minimum absolute atomic E-state index is 0.0181. The van der Waals surface area contributed by atoms with E-state index < -0.39 is 30.5 Å². The molecule has 7 heteroatoms. The Balaban J connectivity index is 1.53. The molecular weight excluding hydrogens is 324 g/mol. The highest BCUT2D eigenvalue weighted by Gasteiger charge is 2.39. The van der Waals surface area contributed by atoms with Gasteiger partial charge in [0, 0.05) is 12.1 Å². The van der Waals surface area contributed by atoms with E-state index in [2.05, 4.69) is 10.6 Å². The summed E-state index contributed by atoms with van der Waals surface area (Å²) in [5.41, 5.74) is 0. The minimum Gasteiger partial charge on any atom is -0.395 e. The van der Waals surface area contributed by atoms with E-state index in [0.29, 0.717) is 6.42 Å². The fraction of sp³-hybridized carbons (Fsp3) is 1.00. The third-order valence-corrected chi connectivity index (χ3v) is 5.72.